The molecule has 0 aliphatic heterocycles. The highest BCUT2D eigenvalue weighted by Gasteiger charge is 2.22. The largest absolute Gasteiger partial charge is 0.497 e. The van der Waals surface area contributed by atoms with Gasteiger partial charge in [0, 0.05) is 11.6 Å². The maximum absolute atomic E-state index is 13.9. The molecule has 0 unspecified atom stereocenters. The van der Waals surface area contributed by atoms with Crippen LogP contribution >= 0.6 is 22.7 Å². The van der Waals surface area contributed by atoms with Crippen molar-refractivity contribution < 1.29 is 18.4 Å². The first kappa shape index (κ1) is 22.4. The van der Waals surface area contributed by atoms with Crippen molar-refractivity contribution in [1.82, 2.24) is 15.1 Å². The van der Waals surface area contributed by atoms with Crippen molar-refractivity contribution in [2.24, 2.45) is 0 Å². The van der Waals surface area contributed by atoms with Gasteiger partial charge < -0.3 is 14.0 Å². The zero-order chi connectivity index (χ0) is 24.6. The molecule has 3 aromatic carbocycles. The lowest BCUT2D eigenvalue weighted by molar-refractivity contribution is 0.386. The minimum Gasteiger partial charge on any atom is -0.497 e. The second-order valence-electron chi connectivity index (χ2n) is 7.93. The van der Waals surface area contributed by atoms with Gasteiger partial charge in [-0.1, -0.05) is 27.8 Å². The fourth-order valence-corrected chi connectivity index (χ4v) is 5.84. The van der Waals surface area contributed by atoms with Gasteiger partial charge in [0.15, 0.2) is 16.0 Å². The lowest BCUT2D eigenvalue weighted by atomic mass is 10.1. The average Bonchev–Trinajstić information content (AvgIpc) is 3.64. The Kier molecular flexibility index (Phi) is 5.74. The van der Waals surface area contributed by atoms with Gasteiger partial charge in [0.2, 0.25) is 0 Å². The Morgan fingerprint density at radius 3 is 2.14 bits per heavy atom. The van der Waals surface area contributed by atoms with Gasteiger partial charge in [0.1, 0.15) is 23.0 Å². The first-order chi connectivity index (χ1) is 17.6. The van der Waals surface area contributed by atoms with E-state index in [9.17, 15) is 4.39 Å². The third kappa shape index (κ3) is 4.25. The molecule has 0 saturated heterocycles. The molecule has 0 N–H and O–H groups in total. The highest BCUT2D eigenvalue weighted by Crippen LogP contribution is 2.39. The third-order valence-electron chi connectivity index (χ3n) is 5.64. The van der Waals surface area contributed by atoms with Crippen molar-refractivity contribution in [1.29, 1.82) is 0 Å². The van der Waals surface area contributed by atoms with E-state index in [0.29, 0.717) is 23.1 Å². The van der Waals surface area contributed by atoms with Crippen LogP contribution in [-0.4, -0.2) is 29.3 Å². The Hall–Kier alpha value is -4.02. The molecule has 0 aliphatic rings. The van der Waals surface area contributed by atoms with Crippen molar-refractivity contribution in [3.05, 3.63) is 78.3 Å². The Balaban J connectivity index is 1.39. The van der Waals surface area contributed by atoms with Gasteiger partial charge in [0.05, 0.1) is 41.2 Å². The summed E-state index contributed by atoms with van der Waals surface area (Å²) in [6.45, 7) is 0.350. The molecular formula is C26H19FN4O3S2. The zero-order valence-electron chi connectivity index (χ0n) is 19.3. The van der Waals surface area contributed by atoms with Crippen LogP contribution in [0.4, 0.5) is 14.7 Å². The molecule has 0 fully saturated rings. The molecule has 6 rings (SSSR count). The molecule has 0 amide bonds. The standard InChI is InChI=1S/C26H19FN4O3S2/c1-32-17-6-3-15(4-7-17)22-12-19(34-30-22)14-31(25-28-20-9-5-16(27)11-23(20)35-25)26-29-21-10-8-18(33-2)13-24(21)36-26/h3-13H,14H2,1-2H3. The van der Waals surface area contributed by atoms with Gasteiger partial charge in [-0.2, -0.15) is 0 Å². The van der Waals surface area contributed by atoms with Gasteiger partial charge >= 0.3 is 0 Å². The van der Waals surface area contributed by atoms with Gasteiger partial charge in [0.25, 0.3) is 0 Å². The first-order valence-electron chi connectivity index (χ1n) is 11.0. The summed E-state index contributed by atoms with van der Waals surface area (Å²) in [6, 6.07) is 19.9. The fraction of sp³-hybridized carbons (Fsp3) is 0.115. The number of fused-ring (bicyclic) bond motifs is 2. The van der Waals surface area contributed by atoms with E-state index in [2.05, 4.69) is 5.16 Å². The summed E-state index contributed by atoms with van der Waals surface area (Å²) in [7, 11) is 3.27. The molecule has 7 nitrogen and oxygen atoms in total. The Morgan fingerprint density at radius 1 is 0.806 bits per heavy atom. The number of hydrogen-bond donors (Lipinski definition) is 0. The van der Waals surface area contributed by atoms with Crippen LogP contribution in [0.5, 0.6) is 11.5 Å². The number of anilines is 2. The summed E-state index contributed by atoms with van der Waals surface area (Å²) >= 11 is 2.92. The van der Waals surface area contributed by atoms with E-state index in [1.165, 1.54) is 34.8 Å². The molecule has 0 spiro atoms. The van der Waals surface area contributed by atoms with E-state index < -0.39 is 0 Å². The molecule has 10 heteroatoms. The van der Waals surface area contributed by atoms with Crippen LogP contribution in [0.1, 0.15) is 5.76 Å². The third-order valence-corrected chi connectivity index (χ3v) is 7.73. The zero-order valence-corrected chi connectivity index (χ0v) is 20.9. The van der Waals surface area contributed by atoms with Crippen LogP contribution in [0.15, 0.2) is 71.3 Å². The van der Waals surface area contributed by atoms with E-state index >= 15 is 0 Å². The molecule has 0 aliphatic carbocycles. The highest BCUT2D eigenvalue weighted by atomic mass is 32.1. The molecule has 0 bridgehead atoms. The number of methoxy groups -OCH3 is 2. The topological polar surface area (TPSA) is 73.5 Å². The van der Waals surface area contributed by atoms with E-state index in [1.54, 1.807) is 20.3 Å². The minimum atomic E-state index is -0.296. The van der Waals surface area contributed by atoms with Gasteiger partial charge in [-0.15, -0.1) is 0 Å². The SMILES string of the molecule is COc1ccc(-c2cc(CN(c3nc4ccc(F)cc4s3)c3nc4ccc(OC)cc4s3)on2)cc1. The molecular weight excluding hydrogens is 499 g/mol. The number of hydrogen-bond acceptors (Lipinski definition) is 9. The van der Waals surface area contributed by atoms with Crippen LogP contribution in [0.2, 0.25) is 0 Å². The van der Waals surface area contributed by atoms with E-state index in [4.69, 9.17) is 24.0 Å². The summed E-state index contributed by atoms with van der Waals surface area (Å²) in [4.78, 5) is 11.6. The van der Waals surface area contributed by atoms with Gasteiger partial charge in [-0.3, -0.25) is 4.90 Å². The summed E-state index contributed by atoms with van der Waals surface area (Å²) in [5.41, 5.74) is 3.21. The second-order valence-corrected chi connectivity index (χ2v) is 9.95. The summed E-state index contributed by atoms with van der Waals surface area (Å²) < 4.78 is 31.9. The number of halogens is 1. The highest BCUT2D eigenvalue weighted by molar-refractivity contribution is 7.24. The van der Waals surface area contributed by atoms with Crippen LogP contribution in [0.25, 0.3) is 31.7 Å². The van der Waals surface area contributed by atoms with Crippen LogP contribution in [0, 0.1) is 5.82 Å². The Labute approximate surface area is 213 Å². The molecule has 6 aromatic rings. The van der Waals surface area contributed by atoms with Crippen molar-refractivity contribution >= 4 is 53.4 Å². The molecule has 0 saturated carbocycles. The minimum absolute atomic E-state index is 0.296. The predicted molar refractivity (Wildman–Crippen MR) is 140 cm³/mol. The number of benzene rings is 3. The van der Waals surface area contributed by atoms with Crippen LogP contribution in [-0.2, 0) is 6.54 Å². The normalized spacial score (nSPS) is 11.3. The predicted octanol–water partition coefficient (Wildman–Crippen LogP) is 7.06. The summed E-state index contributed by atoms with van der Waals surface area (Å²) in [6.07, 6.45) is 0. The number of aromatic nitrogens is 3. The molecule has 3 aromatic heterocycles. The lowest BCUT2D eigenvalue weighted by Gasteiger charge is -2.16. The summed E-state index contributed by atoms with van der Waals surface area (Å²) in [5, 5.41) is 5.68. The number of ether oxygens (including phenoxy) is 2. The molecule has 0 atom stereocenters. The lowest BCUT2D eigenvalue weighted by Crippen LogP contribution is -2.15. The average molecular weight is 519 g/mol. The number of rotatable bonds is 7. The van der Waals surface area contributed by atoms with E-state index in [0.717, 1.165) is 42.6 Å². The quantitative estimate of drug-likeness (QED) is 0.224. The van der Waals surface area contributed by atoms with Crippen molar-refractivity contribution in [2.75, 3.05) is 19.1 Å². The van der Waals surface area contributed by atoms with Gasteiger partial charge in [-0.05, 0) is 60.7 Å². The maximum Gasteiger partial charge on any atom is 0.193 e. The molecule has 180 valence electrons. The van der Waals surface area contributed by atoms with Crippen LogP contribution < -0.4 is 14.4 Å². The van der Waals surface area contributed by atoms with Gasteiger partial charge in [-0.25, -0.2) is 14.4 Å². The Bertz CT molecular complexity index is 1680. The van der Waals surface area contributed by atoms with Crippen molar-refractivity contribution in [2.45, 2.75) is 6.54 Å². The first-order valence-corrected chi connectivity index (χ1v) is 12.6. The molecule has 0 radical (unpaired) electrons. The molecule has 3 heterocycles. The smallest absolute Gasteiger partial charge is 0.193 e. The monoisotopic (exact) mass is 518 g/mol. The Morgan fingerprint density at radius 2 is 1.44 bits per heavy atom. The summed E-state index contributed by atoms with van der Waals surface area (Å²) in [5.74, 6) is 1.88. The van der Waals surface area contributed by atoms with Crippen molar-refractivity contribution in [3.8, 4) is 22.8 Å². The maximum atomic E-state index is 13.9. The molecule has 36 heavy (non-hydrogen) atoms. The second kappa shape index (κ2) is 9.21. The number of thiazole rings is 2. The van der Waals surface area contributed by atoms with E-state index in [-0.39, 0.29) is 5.82 Å². The van der Waals surface area contributed by atoms with Crippen LogP contribution in [0.3, 0.4) is 0 Å². The van der Waals surface area contributed by atoms with Crippen molar-refractivity contribution in [3.63, 3.8) is 0 Å². The van der Waals surface area contributed by atoms with E-state index in [1.807, 2.05) is 53.4 Å². The number of nitrogens with zero attached hydrogens (tertiary/aromatic N) is 4. The fourth-order valence-electron chi connectivity index (χ4n) is 3.80.